The summed E-state index contributed by atoms with van der Waals surface area (Å²) in [5.74, 6) is 6.67. The van der Waals surface area contributed by atoms with Gasteiger partial charge in [-0.1, -0.05) is 26.2 Å². The van der Waals surface area contributed by atoms with Crippen LogP contribution in [-0.4, -0.2) is 16.5 Å². The standard InChI is InChI=1S/C13H23N5/c1-10-8-15-12(18-14)17-11(10)16-9-13(2)6-4-3-5-7-13/h8H,3-7,9,14H2,1-2H3,(H2,15,16,17,18). The van der Waals surface area contributed by atoms with Gasteiger partial charge in [-0.3, -0.25) is 5.43 Å². The third-order valence-corrected chi connectivity index (χ3v) is 3.84. The number of nitrogens with two attached hydrogens (primary N) is 1. The molecule has 5 heteroatoms. The number of rotatable bonds is 4. The molecule has 0 spiro atoms. The number of anilines is 2. The Morgan fingerprint density at radius 3 is 2.72 bits per heavy atom. The molecular weight excluding hydrogens is 226 g/mol. The normalized spacial score (nSPS) is 18.4. The molecule has 0 aromatic carbocycles. The number of aryl methyl sites for hydroxylation is 1. The number of hydrogen-bond donors (Lipinski definition) is 3. The van der Waals surface area contributed by atoms with E-state index in [9.17, 15) is 0 Å². The Morgan fingerprint density at radius 1 is 1.33 bits per heavy atom. The Hall–Kier alpha value is -1.36. The topological polar surface area (TPSA) is 75.9 Å². The molecule has 100 valence electrons. The van der Waals surface area contributed by atoms with Gasteiger partial charge in [-0.2, -0.15) is 4.98 Å². The number of hydrazine groups is 1. The maximum absolute atomic E-state index is 5.33. The van der Waals surface area contributed by atoms with Gasteiger partial charge in [-0.05, 0) is 25.2 Å². The maximum Gasteiger partial charge on any atom is 0.239 e. The first-order chi connectivity index (χ1) is 8.63. The van der Waals surface area contributed by atoms with Crippen LogP contribution in [0.25, 0.3) is 0 Å². The first kappa shape index (κ1) is 13.1. The first-order valence-corrected chi connectivity index (χ1v) is 6.67. The predicted octanol–water partition coefficient (Wildman–Crippen LogP) is 2.45. The zero-order chi connectivity index (χ0) is 13.0. The van der Waals surface area contributed by atoms with Crippen molar-refractivity contribution in [2.45, 2.75) is 46.0 Å². The van der Waals surface area contributed by atoms with Gasteiger partial charge in [0.15, 0.2) is 0 Å². The molecule has 18 heavy (non-hydrogen) atoms. The zero-order valence-electron chi connectivity index (χ0n) is 11.3. The fourth-order valence-electron chi connectivity index (χ4n) is 2.57. The van der Waals surface area contributed by atoms with Crippen molar-refractivity contribution in [2.75, 3.05) is 17.3 Å². The maximum atomic E-state index is 5.33. The quantitative estimate of drug-likeness (QED) is 0.564. The SMILES string of the molecule is Cc1cnc(NN)nc1NCC1(C)CCCCC1. The summed E-state index contributed by atoms with van der Waals surface area (Å²) in [6.07, 6.45) is 8.45. The van der Waals surface area contributed by atoms with Crippen molar-refractivity contribution in [2.24, 2.45) is 11.3 Å². The van der Waals surface area contributed by atoms with Crippen molar-refractivity contribution < 1.29 is 0 Å². The fraction of sp³-hybridized carbons (Fsp3) is 0.692. The first-order valence-electron chi connectivity index (χ1n) is 6.67. The van der Waals surface area contributed by atoms with Gasteiger partial charge >= 0.3 is 0 Å². The van der Waals surface area contributed by atoms with E-state index in [2.05, 4.69) is 27.6 Å². The molecule has 0 saturated heterocycles. The third-order valence-electron chi connectivity index (χ3n) is 3.84. The Bertz CT molecular complexity index is 398. The molecular formula is C13H23N5. The van der Waals surface area contributed by atoms with E-state index in [-0.39, 0.29) is 0 Å². The van der Waals surface area contributed by atoms with Crippen molar-refractivity contribution in [3.05, 3.63) is 11.8 Å². The van der Waals surface area contributed by atoms with E-state index in [0.717, 1.165) is 17.9 Å². The number of hydrogen-bond acceptors (Lipinski definition) is 5. The lowest BCUT2D eigenvalue weighted by Crippen LogP contribution is -2.29. The predicted molar refractivity (Wildman–Crippen MR) is 74.3 cm³/mol. The Labute approximate surface area is 109 Å². The van der Waals surface area contributed by atoms with E-state index in [0.29, 0.717) is 11.4 Å². The van der Waals surface area contributed by atoms with Crippen molar-refractivity contribution >= 4 is 11.8 Å². The van der Waals surface area contributed by atoms with Gasteiger partial charge in [0.2, 0.25) is 5.95 Å². The molecule has 1 aromatic heterocycles. The highest BCUT2D eigenvalue weighted by atomic mass is 15.3. The van der Waals surface area contributed by atoms with Crippen molar-refractivity contribution in [1.29, 1.82) is 0 Å². The minimum Gasteiger partial charge on any atom is -0.369 e. The van der Waals surface area contributed by atoms with E-state index in [1.165, 1.54) is 32.1 Å². The largest absolute Gasteiger partial charge is 0.369 e. The smallest absolute Gasteiger partial charge is 0.239 e. The van der Waals surface area contributed by atoms with Crippen LogP contribution < -0.4 is 16.6 Å². The van der Waals surface area contributed by atoms with Crippen LogP contribution in [0.4, 0.5) is 11.8 Å². The molecule has 1 heterocycles. The summed E-state index contributed by atoms with van der Waals surface area (Å²) < 4.78 is 0. The summed E-state index contributed by atoms with van der Waals surface area (Å²) in [4.78, 5) is 8.43. The summed E-state index contributed by atoms with van der Waals surface area (Å²) in [6, 6.07) is 0. The van der Waals surface area contributed by atoms with Crippen LogP contribution in [0.1, 0.15) is 44.6 Å². The fourth-order valence-corrected chi connectivity index (χ4v) is 2.57. The van der Waals surface area contributed by atoms with Crippen LogP contribution in [0, 0.1) is 12.3 Å². The minimum absolute atomic E-state index is 0.395. The monoisotopic (exact) mass is 249 g/mol. The van der Waals surface area contributed by atoms with Crippen LogP contribution in [0.3, 0.4) is 0 Å². The number of nitrogens with one attached hydrogen (secondary N) is 2. The minimum atomic E-state index is 0.395. The molecule has 0 amide bonds. The van der Waals surface area contributed by atoms with Crippen LogP contribution in [0.5, 0.6) is 0 Å². The Balaban J connectivity index is 2.00. The van der Waals surface area contributed by atoms with E-state index < -0.39 is 0 Å². The molecule has 1 aromatic rings. The molecule has 4 N–H and O–H groups in total. The summed E-state index contributed by atoms with van der Waals surface area (Å²) in [7, 11) is 0. The summed E-state index contributed by atoms with van der Waals surface area (Å²) in [6.45, 7) is 5.33. The molecule has 1 aliphatic carbocycles. The van der Waals surface area contributed by atoms with Crippen LogP contribution in [0.15, 0.2) is 6.20 Å². The van der Waals surface area contributed by atoms with Crippen molar-refractivity contribution in [3.63, 3.8) is 0 Å². The zero-order valence-corrected chi connectivity index (χ0v) is 11.3. The number of aromatic nitrogens is 2. The van der Waals surface area contributed by atoms with E-state index in [1.807, 2.05) is 6.92 Å². The number of nitrogen functional groups attached to an aromatic ring is 1. The molecule has 0 unspecified atom stereocenters. The molecule has 1 aliphatic rings. The summed E-state index contributed by atoms with van der Waals surface area (Å²) in [5.41, 5.74) is 3.92. The van der Waals surface area contributed by atoms with E-state index >= 15 is 0 Å². The highest BCUT2D eigenvalue weighted by molar-refractivity contribution is 5.46. The molecule has 0 bridgehead atoms. The summed E-state index contributed by atoms with van der Waals surface area (Å²) >= 11 is 0. The van der Waals surface area contributed by atoms with Crippen LogP contribution in [-0.2, 0) is 0 Å². The van der Waals surface area contributed by atoms with E-state index in [4.69, 9.17) is 5.84 Å². The number of nitrogens with zero attached hydrogens (tertiary/aromatic N) is 2. The van der Waals surface area contributed by atoms with Gasteiger partial charge in [-0.25, -0.2) is 10.8 Å². The Morgan fingerprint density at radius 2 is 2.06 bits per heavy atom. The van der Waals surface area contributed by atoms with Gasteiger partial charge < -0.3 is 5.32 Å². The lowest BCUT2D eigenvalue weighted by atomic mass is 9.76. The molecule has 1 saturated carbocycles. The second kappa shape index (κ2) is 5.52. The highest BCUT2D eigenvalue weighted by Crippen LogP contribution is 2.35. The molecule has 2 rings (SSSR count). The van der Waals surface area contributed by atoms with Gasteiger partial charge in [0, 0.05) is 18.3 Å². The van der Waals surface area contributed by atoms with Crippen molar-refractivity contribution in [1.82, 2.24) is 9.97 Å². The molecule has 5 nitrogen and oxygen atoms in total. The van der Waals surface area contributed by atoms with Crippen LogP contribution >= 0.6 is 0 Å². The van der Waals surface area contributed by atoms with Gasteiger partial charge in [0.25, 0.3) is 0 Å². The van der Waals surface area contributed by atoms with Gasteiger partial charge in [0.1, 0.15) is 5.82 Å². The molecule has 1 fully saturated rings. The van der Waals surface area contributed by atoms with Crippen molar-refractivity contribution in [3.8, 4) is 0 Å². The van der Waals surface area contributed by atoms with Crippen LogP contribution in [0.2, 0.25) is 0 Å². The third kappa shape index (κ3) is 3.10. The van der Waals surface area contributed by atoms with Gasteiger partial charge in [-0.15, -0.1) is 0 Å². The average Bonchev–Trinajstić information content (AvgIpc) is 2.39. The molecule has 0 atom stereocenters. The molecule has 0 aliphatic heterocycles. The second-order valence-corrected chi connectivity index (χ2v) is 5.59. The lowest BCUT2D eigenvalue weighted by molar-refractivity contribution is 0.233. The summed E-state index contributed by atoms with van der Waals surface area (Å²) in [5, 5.41) is 3.45. The van der Waals surface area contributed by atoms with Gasteiger partial charge in [0.05, 0.1) is 0 Å². The molecule has 0 radical (unpaired) electrons. The highest BCUT2D eigenvalue weighted by Gasteiger charge is 2.26. The Kier molecular flexibility index (Phi) is 4.01. The lowest BCUT2D eigenvalue weighted by Gasteiger charge is -2.34. The van der Waals surface area contributed by atoms with E-state index in [1.54, 1.807) is 6.20 Å². The average molecular weight is 249 g/mol. The second-order valence-electron chi connectivity index (χ2n) is 5.59.